The Hall–Kier alpha value is -2.94. The molecule has 0 radical (unpaired) electrons. The molecular formula is C22H22ClFN4O2S. The van der Waals surface area contributed by atoms with Crippen LogP contribution in [0, 0.1) is 12.7 Å². The van der Waals surface area contributed by atoms with Gasteiger partial charge in [-0.05, 0) is 61.5 Å². The lowest BCUT2D eigenvalue weighted by molar-refractivity contribution is 0.588. The van der Waals surface area contributed by atoms with E-state index >= 15 is 0 Å². The summed E-state index contributed by atoms with van der Waals surface area (Å²) in [5.41, 5.74) is 3.18. The molecule has 9 heteroatoms. The first-order valence-electron chi connectivity index (χ1n) is 9.37. The summed E-state index contributed by atoms with van der Waals surface area (Å²) >= 11 is 0. The fraction of sp³-hybridized carbons (Fsp3) is 0.136. The summed E-state index contributed by atoms with van der Waals surface area (Å²) in [6.45, 7) is 2.38. The molecule has 0 aliphatic carbocycles. The van der Waals surface area contributed by atoms with Crippen LogP contribution in [0.1, 0.15) is 11.1 Å². The van der Waals surface area contributed by atoms with Crippen molar-refractivity contribution in [3.63, 3.8) is 0 Å². The van der Waals surface area contributed by atoms with Gasteiger partial charge in [-0.25, -0.2) is 16.8 Å². The van der Waals surface area contributed by atoms with Crippen molar-refractivity contribution in [1.29, 1.82) is 0 Å². The van der Waals surface area contributed by atoms with Gasteiger partial charge in [-0.15, -0.1) is 12.4 Å². The van der Waals surface area contributed by atoms with Crippen molar-refractivity contribution in [2.75, 3.05) is 12.4 Å². The second-order valence-corrected chi connectivity index (χ2v) is 8.83. The molecule has 2 aromatic heterocycles. The van der Waals surface area contributed by atoms with Crippen molar-refractivity contribution in [3.8, 4) is 0 Å². The molecule has 31 heavy (non-hydrogen) atoms. The third kappa shape index (κ3) is 4.41. The molecule has 0 aliphatic rings. The topological polar surface area (TPSA) is 76.0 Å². The van der Waals surface area contributed by atoms with Crippen molar-refractivity contribution in [2.45, 2.75) is 18.4 Å². The smallest absolute Gasteiger partial charge is 0.269 e. The van der Waals surface area contributed by atoms with Gasteiger partial charge in [-0.1, -0.05) is 12.1 Å². The van der Waals surface area contributed by atoms with Gasteiger partial charge in [0.15, 0.2) is 0 Å². The Bertz CT molecular complexity index is 1320. The molecule has 0 saturated carbocycles. The minimum absolute atomic E-state index is 0. The number of fused-ring (bicyclic) bond motifs is 1. The molecule has 2 aromatic carbocycles. The van der Waals surface area contributed by atoms with E-state index in [-0.39, 0.29) is 23.1 Å². The summed E-state index contributed by atoms with van der Waals surface area (Å²) in [6, 6.07) is 13.3. The Labute approximate surface area is 186 Å². The zero-order valence-electron chi connectivity index (χ0n) is 17.0. The van der Waals surface area contributed by atoms with E-state index in [9.17, 15) is 12.8 Å². The van der Waals surface area contributed by atoms with Gasteiger partial charge in [0.25, 0.3) is 10.0 Å². The standard InChI is InChI=1S/C22H21FN4O2S.ClH/c1-15-5-8-20(23)21(10-15)26-17-6-7-19-16(12-24-2)14-27(22(19)11-17)30(28,29)18-4-3-9-25-13-18;/h3-11,13-14,24,26H,12H2,1-2H3;1H. The van der Waals surface area contributed by atoms with E-state index in [1.54, 1.807) is 37.5 Å². The number of nitrogens with zero attached hydrogens (tertiary/aromatic N) is 2. The SMILES string of the molecule is CNCc1cn(S(=O)(=O)c2cccnc2)c2cc(Nc3cc(C)ccc3F)ccc12.Cl. The average Bonchev–Trinajstić information content (AvgIpc) is 3.10. The highest BCUT2D eigenvalue weighted by Crippen LogP contribution is 2.30. The van der Waals surface area contributed by atoms with Gasteiger partial charge >= 0.3 is 0 Å². The lowest BCUT2D eigenvalue weighted by Crippen LogP contribution is -2.12. The van der Waals surface area contributed by atoms with E-state index in [1.807, 2.05) is 19.1 Å². The molecule has 0 saturated heterocycles. The maximum absolute atomic E-state index is 14.2. The van der Waals surface area contributed by atoms with Crippen LogP contribution in [0.15, 0.2) is 72.0 Å². The maximum atomic E-state index is 14.2. The van der Waals surface area contributed by atoms with Crippen LogP contribution in [0.2, 0.25) is 0 Å². The zero-order chi connectivity index (χ0) is 21.3. The Kier molecular flexibility index (Phi) is 6.64. The highest BCUT2D eigenvalue weighted by molar-refractivity contribution is 7.90. The monoisotopic (exact) mass is 460 g/mol. The second-order valence-electron chi connectivity index (χ2n) is 7.01. The molecule has 0 fully saturated rings. The van der Waals surface area contributed by atoms with E-state index < -0.39 is 10.0 Å². The number of hydrogen-bond donors (Lipinski definition) is 2. The third-order valence-corrected chi connectivity index (χ3v) is 6.47. The van der Waals surface area contributed by atoms with Crippen LogP contribution < -0.4 is 10.6 Å². The molecule has 2 N–H and O–H groups in total. The predicted octanol–water partition coefficient (Wildman–Crippen LogP) is 4.61. The number of pyridine rings is 1. The molecule has 4 aromatic rings. The van der Waals surface area contributed by atoms with Crippen LogP contribution in [0.4, 0.5) is 15.8 Å². The van der Waals surface area contributed by atoms with Gasteiger partial charge in [-0.3, -0.25) is 4.98 Å². The Morgan fingerprint density at radius 1 is 1.13 bits per heavy atom. The van der Waals surface area contributed by atoms with E-state index in [2.05, 4.69) is 15.6 Å². The summed E-state index contributed by atoms with van der Waals surface area (Å²) in [5.74, 6) is -0.380. The van der Waals surface area contributed by atoms with E-state index in [0.717, 1.165) is 16.5 Å². The molecule has 4 rings (SSSR count). The number of benzene rings is 2. The number of anilines is 2. The summed E-state index contributed by atoms with van der Waals surface area (Å²) in [7, 11) is -2.04. The third-order valence-electron chi connectivity index (χ3n) is 4.81. The number of rotatable bonds is 6. The van der Waals surface area contributed by atoms with Crippen LogP contribution in [0.25, 0.3) is 10.9 Å². The van der Waals surface area contributed by atoms with Crippen LogP contribution in [0.3, 0.4) is 0 Å². The van der Waals surface area contributed by atoms with Gasteiger partial charge in [0.2, 0.25) is 0 Å². The highest BCUT2D eigenvalue weighted by Gasteiger charge is 2.21. The predicted molar refractivity (Wildman–Crippen MR) is 123 cm³/mol. The van der Waals surface area contributed by atoms with E-state index in [1.165, 1.54) is 28.5 Å². The maximum Gasteiger partial charge on any atom is 0.269 e. The quantitative estimate of drug-likeness (QED) is 0.439. The lowest BCUT2D eigenvalue weighted by atomic mass is 10.1. The number of aryl methyl sites for hydroxylation is 1. The van der Waals surface area contributed by atoms with Crippen molar-refractivity contribution in [2.24, 2.45) is 0 Å². The van der Waals surface area contributed by atoms with Gasteiger partial charge < -0.3 is 10.6 Å². The van der Waals surface area contributed by atoms with Crippen molar-refractivity contribution >= 4 is 44.7 Å². The lowest BCUT2D eigenvalue weighted by Gasteiger charge is -2.11. The molecular weight excluding hydrogens is 439 g/mol. The van der Waals surface area contributed by atoms with Crippen LogP contribution >= 0.6 is 12.4 Å². The normalized spacial score (nSPS) is 11.3. The Balaban J connectivity index is 0.00000272. The van der Waals surface area contributed by atoms with Crippen LogP contribution in [-0.2, 0) is 16.6 Å². The van der Waals surface area contributed by atoms with Crippen LogP contribution in [0.5, 0.6) is 0 Å². The fourth-order valence-electron chi connectivity index (χ4n) is 3.38. The number of halogens is 2. The second kappa shape index (κ2) is 9.05. The first-order chi connectivity index (χ1) is 14.4. The van der Waals surface area contributed by atoms with Crippen molar-refractivity contribution < 1.29 is 12.8 Å². The summed E-state index contributed by atoms with van der Waals surface area (Å²) in [4.78, 5) is 4.03. The molecule has 0 atom stereocenters. The molecule has 0 bridgehead atoms. The first kappa shape index (κ1) is 22.7. The molecule has 6 nitrogen and oxygen atoms in total. The number of aromatic nitrogens is 2. The number of nitrogens with one attached hydrogen (secondary N) is 2. The van der Waals surface area contributed by atoms with Gasteiger partial charge in [0, 0.05) is 36.2 Å². The van der Waals surface area contributed by atoms with Gasteiger partial charge in [0.05, 0.1) is 11.2 Å². The molecule has 2 heterocycles. The summed E-state index contributed by atoms with van der Waals surface area (Å²) < 4.78 is 42.0. The zero-order valence-corrected chi connectivity index (χ0v) is 18.6. The summed E-state index contributed by atoms with van der Waals surface area (Å²) in [6.07, 6.45) is 4.46. The minimum atomic E-state index is -3.84. The van der Waals surface area contributed by atoms with Crippen LogP contribution in [-0.4, -0.2) is 24.4 Å². The van der Waals surface area contributed by atoms with E-state index in [0.29, 0.717) is 23.4 Å². The van der Waals surface area contributed by atoms with Gasteiger partial charge in [-0.2, -0.15) is 0 Å². The molecule has 0 spiro atoms. The Morgan fingerprint density at radius 3 is 2.65 bits per heavy atom. The van der Waals surface area contributed by atoms with Gasteiger partial charge in [0.1, 0.15) is 10.7 Å². The molecule has 0 aliphatic heterocycles. The summed E-state index contributed by atoms with van der Waals surface area (Å²) in [5, 5.41) is 6.92. The minimum Gasteiger partial charge on any atom is -0.353 e. The highest BCUT2D eigenvalue weighted by atomic mass is 35.5. The molecule has 0 amide bonds. The largest absolute Gasteiger partial charge is 0.353 e. The van der Waals surface area contributed by atoms with E-state index in [4.69, 9.17) is 0 Å². The Morgan fingerprint density at radius 2 is 1.94 bits per heavy atom. The van der Waals surface area contributed by atoms with Crippen molar-refractivity contribution in [3.05, 3.63) is 84.1 Å². The van der Waals surface area contributed by atoms with Crippen molar-refractivity contribution in [1.82, 2.24) is 14.3 Å². The molecule has 162 valence electrons. The average molecular weight is 461 g/mol. The number of hydrogen-bond acceptors (Lipinski definition) is 5. The molecule has 0 unspecified atom stereocenters. The fourth-order valence-corrected chi connectivity index (χ4v) is 4.73. The first-order valence-corrected chi connectivity index (χ1v) is 10.8.